The molecule has 0 aliphatic carbocycles. The molecule has 0 aromatic rings. The van der Waals surface area contributed by atoms with Crippen LogP contribution in [0.25, 0.3) is 0 Å². The van der Waals surface area contributed by atoms with Crippen molar-refractivity contribution in [3.8, 4) is 0 Å². The average Bonchev–Trinajstić information content (AvgIpc) is 1.65. The van der Waals surface area contributed by atoms with Gasteiger partial charge in [0.05, 0.1) is 0 Å². The van der Waals surface area contributed by atoms with E-state index in [9.17, 15) is 8.78 Å². The Kier molecular flexibility index (Phi) is 2.52. The molecule has 0 rings (SSSR count). The van der Waals surface area contributed by atoms with E-state index in [-0.39, 0.29) is 12.1 Å². The first-order valence-electron chi connectivity index (χ1n) is 1.84. The van der Waals surface area contributed by atoms with Crippen molar-refractivity contribution in [1.82, 2.24) is 0 Å². The van der Waals surface area contributed by atoms with E-state index in [0.717, 1.165) is 0 Å². The van der Waals surface area contributed by atoms with Crippen molar-refractivity contribution in [2.24, 2.45) is 5.73 Å². The fraction of sp³-hybridized carbons (Fsp3) is 0.500. The summed E-state index contributed by atoms with van der Waals surface area (Å²) in [7, 11) is 0. The van der Waals surface area contributed by atoms with Crippen LogP contribution in [-0.4, -0.2) is 13.0 Å². The molecule has 0 radical (unpaired) electrons. The van der Waals surface area contributed by atoms with Gasteiger partial charge in [-0.25, -0.2) is 8.78 Å². The van der Waals surface area contributed by atoms with E-state index in [1.807, 2.05) is 0 Å². The van der Waals surface area contributed by atoms with Gasteiger partial charge in [0.15, 0.2) is 0 Å². The summed E-state index contributed by atoms with van der Waals surface area (Å²) in [5.41, 5.74) is 4.59. The van der Waals surface area contributed by atoms with Gasteiger partial charge in [0.2, 0.25) is 0 Å². The highest BCUT2D eigenvalue weighted by Crippen LogP contribution is 2.01. The van der Waals surface area contributed by atoms with Crippen molar-refractivity contribution in [2.45, 2.75) is 6.43 Å². The summed E-state index contributed by atoms with van der Waals surface area (Å²) < 4.78 is 22.5. The van der Waals surface area contributed by atoms with Crippen LogP contribution < -0.4 is 5.73 Å². The van der Waals surface area contributed by atoms with Gasteiger partial charge in [0.1, 0.15) is 0 Å². The Bertz CT molecular complexity index is 70.1. The average molecular weight is 107 g/mol. The second kappa shape index (κ2) is 2.69. The molecule has 3 heteroatoms. The highest BCUT2D eigenvalue weighted by atomic mass is 19.3. The van der Waals surface area contributed by atoms with Gasteiger partial charge in [0.25, 0.3) is 6.43 Å². The smallest absolute Gasteiger partial charge is 0.260 e. The van der Waals surface area contributed by atoms with Gasteiger partial charge >= 0.3 is 0 Å². The number of rotatable bonds is 2. The number of nitrogens with two attached hydrogens (primary N) is 1. The predicted molar refractivity (Wildman–Crippen MR) is 24.2 cm³/mol. The van der Waals surface area contributed by atoms with Crippen LogP contribution in [-0.2, 0) is 0 Å². The third-order valence-corrected chi connectivity index (χ3v) is 0.571. The molecule has 0 saturated carbocycles. The molecule has 0 aromatic carbocycles. The normalized spacial score (nSPS) is 9.71. The Morgan fingerprint density at radius 1 is 1.71 bits per heavy atom. The van der Waals surface area contributed by atoms with Crippen LogP contribution in [0.5, 0.6) is 0 Å². The first-order chi connectivity index (χ1) is 3.18. The van der Waals surface area contributed by atoms with Crippen LogP contribution in [0, 0.1) is 0 Å². The molecule has 0 saturated heterocycles. The van der Waals surface area contributed by atoms with Crippen LogP contribution in [0.2, 0.25) is 0 Å². The lowest BCUT2D eigenvalue weighted by Crippen LogP contribution is -2.08. The first-order valence-corrected chi connectivity index (χ1v) is 1.84. The molecule has 0 unspecified atom stereocenters. The van der Waals surface area contributed by atoms with Crippen LogP contribution in [0.3, 0.4) is 0 Å². The lowest BCUT2D eigenvalue weighted by molar-refractivity contribution is 0.188. The molecule has 2 N–H and O–H groups in total. The molecule has 0 amide bonds. The summed E-state index contributed by atoms with van der Waals surface area (Å²) in [5, 5.41) is 0. The summed E-state index contributed by atoms with van der Waals surface area (Å²) in [6.07, 6.45) is -2.45. The Balaban J connectivity index is 3.35. The second-order valence-electron chi connectivity index (χ2n) is 1.16. The van der Waals surface area contributed by atoms with Crippen LogP contribution in [0.1, 0.15) is 0 Å². The monoisotopic (exact) mass is 107 g/mol. The largest absolute Gasteiger partial charge is 0.327 e. The van der Waals surface area contributed by atoms with E-state index < -0.39 is 6.43 Å². The molecule has 0 aliphatic rings. The summed E-state index contributed by atoms with van der Waals surface area (Å²) in [4.78, 5) is 0. The Morgan fingerprint density at radius 2 is 2.14 bits per heavy atom. The second-order valence-corrected chi connectivity index (χ2v) is 1.16. The van der Waals surface area contributed by atoms with Crippen molar-refractivity contribution in [2.75, 3.05) is 6.54 Å². The number of hydrogen-bond acceptors (Lipinski definition) is 1. The molecule has 0 atom stereocenters. The van der Waals surface area contributed by atoms with E-state index in [0.29, 0.717) is 0 Å². The van der Waals surface area contributed by atoms with Gasteiger partial charge in [-0.05, 0) is 0 Å². The maximum atomic E-state index is 11.2. The number of hydrogen-bond donors (Lipinski definition) is 1. The predicted octanol–water partition coefficient (Wildman–Crippen LogP) is 0.766. The minimum absolute atomic E-state index is 0.127. The van der Waals surface area contributed by atoms with Gasteiger partial charge in [-0.3, -0.25) is 0 Å². The quantitative estimate of drug-likeness (QED) is 0.518. The van der Waals surface area contributed by atoms with E-state index in [2.05, 4.69) is 6.58 Å². The van der Waals surface area contributed by atoms with Gasteiger partial charge in [-0.1, -0.05) is 6.58 Å². The third-order valence-electron chi connectivity index (χ3n) is 0.571. The van der Waals surface area contributed by atoms with Gasteiger partial charge in [-0.2, -0.15) is 0 Å². The van der Waals surface area contributed by atoms with E-state index in [1.54, 1.807) is 0 Å². The molecule has 7 heavy (non-hydrogen) atoms. The molecule has 0 fully saturated rings. The minimum Gasteiger partial charge on any atom is -0.327 e. The Hall–Kier alpha value is -0.440. The minimum atomic E-state index is -2.45. The maximum Gasteiger partial charge on any atom is 0.260 e. The molecule has 0 heterocycles. The summed E-state index contributed by atoms with van der Waals surface area (Å²) in [6.45, 7) is 2.87. The topological polar surface area (TPSA) is 26.0 Å². The molecular weight excluding hydrogens is 100 g/mol. The van der Waals surface area contributed by atoms with Crippen LogP contribution >= 0.6 is 0 Å². The number of alkyl halides is 2. The van der Waals surface area contributed by atoms with Crippen molar-refractivity contribution < 1.29 is 8.78 Å². The summed E-state index contributed by atoms with van der Waals surface area (Å²) in [6, 6.07) is 0. The van der Waals surface area contributed by atoms with Crippen molar-refractivity contribution >= 4 is 0 Å². The van der Waals surface area contributed by atoms with Crippen LogP contribution in [0.15, 0.2) is 12.2 Å². The zero-order chi connectivity index (χ0) is 5.86. The highest BCUT2D eigenvalue weighted by Gasteiger charge is 2.03. The zero-order valence-corrected chi connectivity index (χ0v) is 3.82. The molecule has 42 valence electrons. The fourth-order valence-electron chi connectivity index (χ4n) is 0.0891. The van der Waals surface area contributed by atoms with Crippen LogP contribution in [0.4, 0.5) is 8.78 Å². The Morgan fingerprint density at radius 3 is 2.14 bits per heavy atom. The highest BCUT2D eigenvalue weighted by molar-refractivity contribution is 4.98. The number of halogens is 2. The molecule has 0 aliphatic heterocycles. The van der Waals surface area contributed by atoms with Crippen molar-refractivity contribution in [1.29, 1.82) is 0 Å². The molecule has 1 nitrogen and oxygen atoms in total. The third kappa shape index (κ3) is 2.28. The summed E-state index contributed by atoms with van der Waals surface area (Å²) in [5.74, 6) is 0. The van der Waals surface area contributed by atoms with Gasteiger partial charge in [0, 0.05) is 12.1 Å². The van der Waals surface area contributed by atoms with Gasteiger partial charge in [-0.15, -0.1) is 0 Å². The molecule has 0 spiro atoms. The summed E-state index contributed by atoms with van der Waals surface area (Å²) >= 11 is 0. The van der Waals surface area contributed by atoms with E-state index >= 15 is 0 Å². The molecule has 0 bridgehead atoms. The molecule has 0 aromatic heterocycles. The first kappa shape index (κ1) is 6.56. The maximum absolute atomic E-state index is 11.2. The zero-order valence-electron chi connectivity index (χ0n) is 3.82. The lowest BCUT2D eigenvalue weighted by Gasteiger charge is -1.95. The van der Waals surface area contributed by atoms with Gasteiger partial charge < -0.3 is 5.73 Å². The SMILES string of the molecule is C=C(CN)C(F)F. The van der Waals surface area contributed by atoms with E-state index in [4.69, 9.17) is 5.73 Å². The van der Waals surface area contributed by atoms with Crippen molar-refractivity contribution in [3.05, 3.63) is 12.2 Å². The van der Waals surface area contributed by atoms with Crippen molar-refractivity contribution in [3.63, 3.8) is 0 Å². The standard InChI is InChI=1S/C4H7F2N/c1-3(2-7)4(5)6/h4H,1-2,7H2. The Labute approximate surface area is 40.8 Å². The van der Waals surface area contributed by atoms with E-state index in [1.165, 1.54) is 0 Å². The molecular formula is C4H7F2N. The fourth-order valence-corrected chi connectivity index (χ4v) is 0.0891. The lowest BCUT2D eigenvalue weighted by atomic mass is 10.3.